The van der Waals surface area contributed by atoms with Gasteiger partial charge in [0.15, 0.2) is 0 Å². The van der Waals surface area contributed by atoms with Gasteiger partial charge in [-0.1, -0.05) is 19.8 Å². The molecular weight excluding hydrogens is 248 g/mol. The normalized spacial score (nSPS) is 29.4. The van der Waals surface area contributed by atoms with Gasteiger partial charge in [0.2, 0.25) is 0 Å². The summed E-state index contributed by atoms with van der Waals surface area (Å²) in [7, 11) is 0. The minimum Gasteiger partial charge on any atom is -0.377 e. The average molecular weight is 280 g/mol. The molecule has 2 aliphatic carbocycles. The van der Waals surface area contributed by atoms with E-state index < -0.39 is 0 Å². The van der Waals surface area contributed by atoms with Crippen molar-refractivity contribution in [3.05, 3.63) is 0 Å². The van der Waals surface area contributed by atoms with Crippen molar-refractivity contribution in [2.24, 2.45) is 5.41 Å². The molecule has 0 radical (unpaired) electrons. The summed E-state index contributed by atoms with van der Waals surface area (Å²) in [5.74, 6) is 0. The maximum absolute atomic E-state index is 5.83. The van der Waals surface area contributed by atoms with Gasteiger partial charge >= 0.3 is 0 Å². The first-order valence-electron chi connectivity index (χ1n) is 8.87. The molecule has 2 saturated carbocycles. The standard InChI is InChI=1S/C17H32N2O/c1-2-19(12-16-6-5-11-20-16)14-17(9-3-4-10-17)13-18-15-7-8-15/h15-16,18H,2-14H2,1H3. The Kier molecular flexibility index (Phi) is 5.00. The third kappa shape index (κ3) is 3.96. The van der Waals surface area contributed by atoms with Crippen LogP contribution in [0.4, 0.5) is 0 Å². The predicted octanol–water partition coefficient (Wildman–Crippen LogP) is 2.80. The van der Waals surface area contributed by atoms with E-state index in [0.717, 1.165) is 19.2 Å². The van der Waals surface area contributed by atoms with Crippen LogP contribution in [0.25, 0.3) is 0 Å². The van der Waals surface area contributed by atoms with Crippen molar-refractivity contribution in [2.45, 2.75) is 70.4 Å². The lowest BCUT2D eigenvalue weighted by atomic mass is 9.85. The number of rotatable bonds is 8. The number of ether oxygens (including phenoxy) is 1. The van der Waals surface area contributed by atoms with E-state index in [0.29, 0.717) is 11.5 Å². The lowest BCUT2D eigenvalue weighted by Gasteiger charge is -2.36. The third-order valence-corrected chi connectivity index (χ3v) is 5.50. The molecule has 0 aromatic rings. The largest absolute Gasteiger partial charge is 0.377 e. The van der Waals surface area contributed by atoms with Crippen LogP contribution in [0.15, 0.2) is 0 Å². The topological polar surface area (TPSA) is 24.5 Å². The molecule has 3 rings (SSSR count). The van der Waals surface area contributed by atoms with E-state index in [-0.39, 0.29) is 0 Å². The zero-order chi connectivity index (χ0) is 13.8. The molecule has 3 nitrogen and oxygen atoms in total. The summed E-state index contributed by atoms with van der Waals surface area (Å²) in [6, 6.07) is 0.848. The van der Waals surface area contributed by atoms with Gasteiger partial charge in [-0.3, -0.25) is 0 Å². The van der Waals surface area contributed by atoms with Gasteiger partial charge < -0.3 is 15.0 Å². The number of hydrogen-bond acceptors (Lipinski definition) is 3. The predicted molar refractivity (Wildman–Crippen MR) is 83.0 cm³/mol. The highest BCUT2D eigenvalue weighted by atomic mass is 16.5. The highest BCUT2D eigenvalue weighted by Gasteiger charge is 2.37. The van der Waals surface area contributed by atoms with Gasteiger partial charge in [0, 0.05) is 32.3 Å². The van der Waals surface area contributed by atoms with Crippen LogP contribution in [-0.4, -0.2) is 49.8 Å². The van der Waals surface area contributed by atoms with Crippen molar-refractivity contribution < 1.29 is 4.74 Å². The van der Waals surface area contributed by atoms with Gasteiger partial charge in [0.05, 0.1) is 6.10 Å². The Labute approximate surface area is 124 Å². The molecule has 0 spiro atoms. The Morgan fingerprint density at radius 3 is 2.55 bits per heavy atom. The first-order chi connectivity index (χ1) is 9.80. The van der Waals surface area contributed by atoms with Crippen molar-refractivity contribution in [2.75, 3.05) is 32.8 Å². The highest BCUT2D eigenvalue weighted by Crippen LogP contribution is 2.39. The van der Waals surface area contributed by atoms with Crippen LogP contribution < -0.4 is 5.32 Å². The van der Waals surface area contributed by atoms with Gasteiger partial charge in [-0.25, -0.2) is 0 Å². The summed E-state index contributed by atoms with van der Waals surface area (Å²) in [6.07, 6.45) is 11.6. The maximum atomic E-state index is 5.83. The molecule has 20 heavy (non-hydrogen) atoms. The molecule has 3 fully saturated rings. The molecule has 1 atom stereocenters. The molecule has 1 N–H and O–H groups in total. The number of hydrogen-bond donors (Lipinski definition) is 1. The fraction of sp³-hybridized carbons (Fsp3) is 1.00. The van der Waals surface area contributed by atoms with Crippen molar-refractivity contribution in [1.29, 1.82) is 0 Å². The minimum absolute atomic E-state index is 0.504. The summed E-state index contributed by atoms with van der Waals surface area (Å²) in [4.78, 5) is 2.66. The molecule has 1 unspecified atom stereocenters. The van der Waals surface area contributed by atoms with E-state index in [1.165, 1.54) is 71.0 Å². The van der Waals surface area contributed by atoms with E-state index in [2.05, 4.69) is 17.1 Å². The SMILES string of the molecule is CCN(CC1CCCO1)CC1(CNC2CC2)CCCC1. The second kappa shape index (κ2) is 6.76. The molecular formula is C17H32N2O. The van der Waals surface area contributed by atoms with E-state index in [9.17, 15) is 0 Å². The maximum Gasteiger partial charge on any atom is 0.0702 e. The zero-order valence-electron chi connectivity index (χ0n) is 13.2. The van der Waals surface area contributed by atoms with Gasteiger partial charge in [-0.15, -0.1) is 0 Å². The van der Waals surface area contributed by atoms with E-state index in [1.807, 2.05) is 0 Å². The summed E-state index contributed by atoms with van der Waals surface area (Å²) in [6.45, 7) is 8.15. The third-order valence-electron chi connectivity index (χ3n) is 5.50. The Morgan fingerprint density at radius 2 is 1.95 bits per heavy atom. The monoisotopic (exact) mass is 280 g/mol. The summed E-state index contributed by atoms with van der Waals surface area (Å²) < 4.78 is 5.83. The molecule has 0 aromatic heterocycles. The highest BCUT2D eigenvalue weighted by molar-refractivity contribution is 4.93. The molecule has 0 aromatic carbocycles. The fourth-order valence-electron chi connectivity index (χ4n) is 4.02. The van der Waals surface area contributed by atoms with Crippen molar-refractivity contribution in [1.82, 2.24) is 10.2 Å². The molecule has 3 heteroatoms. The molecule has 0 amide bonds. The lowest BCUT2D eigenvalue weighted by Crippen LogP contribution is -2.45. The van der Waals surface area contributed by atoms with Crippen LogP contribution in [0.5, 0.6) is 0 Å². The Balaban J connectivity index is 1.52. The Bertz CT molecular complexity index is 291. The average Bonchev–Trinajstić information content (AvgIpc) is 2.96. The first-order valence-corrected chi connectivity index (χ1v) is 8.87. The second-order valence-electron chi connectivity index (χ2n) is 7.33. The Morgan fingerprint density at radius 1 is 1.15 bits per heavy atom. The van der Waals surface area contributed by atoms with Gasteiger partial charge in [0.25, 0.3) is 0 Å². The van der Waals surface area contributed by atoms with Crippen molar-refractivity contribution in [3.8, 4) is 0 Å². The van der Waals surface area contributed by atoms with Crippen LogP contribution in [0.2, 0.25) is 0 Å². The lowest BCUT2D eigenvalue weighted by molar-refractivity contribution is 0.0561. The van der Waals surface area contributed by atoms with Crippen molar-refractivity contribution in [3.63, 3.8) is 0 Å². The molecule has 116 valence electrons. The fourth-order valence-corrected chi connectivity index (χ4v) is 4.02. The van der Waals surface area contributed by atoms with Crippen LogP contribution in [0, 0.1) is 5.41 Å². The van der Waals surface area contributed by atoms with Gasteiger partial charge in [-0.05, 0) is 50.5 Å². The van der Waals surface area contributed by atoms with Crippen molar-refractivity contribution >= 4 is 0 Å². The summed E-state index contributed by atoms with van der Waals surface area (Å²) in [5.41, 5.74) is 0.553. The van der Waals surface area contributed by atoms with Crippen LogP contribution >= 0.6 is 0 Å². The van der Waals surface area contributed by atoms with Gasteiger partial charge in [-0.2, -0.15) is 0 Å². The minimum atomic E-state index is 0.504. The molecule has 1 aliphatic heterocycles. The van der Waals surface area contributed by atoms with Crippen LogP contribution in [0.1, 0.15) is 58.3 Å². The molecule has 1 heterocycles. The zero-order valence-corrected chi connectivity index (χ0v) is 13.2. The first kappa shape index (κ1) is 14.8. The number of nitrogens with one attached hydrogen (secondary N) is 1. The number of likely N-dealkylation sites (N-methyl/N-ethyl adjacent to an activating group) is 1. The second-order valence-corrected chi connectivity index (χ2v) is 7.33. The molecule has 0 bridgehead atoms. The Hall–Kier alpha value is -0.120. The number of nitrogens with zero attached hydrogens (tertiary/aromatic N) is 1. The van der Waals surface area contributed by atoms with Crippen LogP contribution in [0.3, 0.4) is 0 Å². The molecule has 3 aliphatic rings. The molecule has 1 saturated heterocycles. The van der Waals surface area contributed by atoms with Gasteiger partial charge in [0.1, 0.15) is 0 Å². The summed E-state index contributed by atoms with van der Waals surface area (Å²) in [5, 5.41) is 3.80. The van der Waals surface area contributed by atoms with Crippen LogP contribution in [-0.2, 0) is 4.74 Å². The smallest absolute Gasteiger partial charge is 0.0702 e. The van der Waals surface area contributed by atoms with E-state index in [4.69, 9.17) is 4.74 Å². The van der Waals surface area contributed by atoms with E-state index >= 15 is 0 Å². The quantitative estimate of drug-likeness (QED) is 0.740. The summed E-state index contributed by atoms with van der Waals surface area (Å²) >= 11 is 0. The van der Waals surface area contributed by atoms with E-state index in [1.54, 1.807) is 0 Å².